The average Bonchev–Trinajstić information content (AvgIpc) is 2.81. The number of aryl methyl sites for hydroxylation is 2. The Morgan fingerprint density at radius 1 is 1.28 bits per heavy atom. The number of thiophene rings is 1. The van der Waals surface area contributed by atoms with Crippen LogP contribution < -0.4 is 4.90 Å². The standard InChI is InChI=1S/C15H17NOS/c1-11-6-7-13(12(2)9-11)16(3)10-14(17)15-5-4-8-18-15/h4-9H,10H2,1-3H3. The van der Waals surface area contributed by atoms with E-state index >= 15 is 0 Å². The van der Waals surface area contributed by atoms with Gasteiger partial charge in [0.15, 0.2) is 5.78 Å². The number of likely N-dealkylation sites (N-methyl/N-ethyl adjacent to an activating group) is 1. The summed E-state index contributed by atoms with van der Waals surface area (Å²) in [7, 11) is 1.96. The minimum atomic E-state index is 0.174. The van der Waals surface area contributed by atoms with Crippen LogP contribution in [0.5, 0.6) is 0 Å². The predicted molar refractivity (Wildman–Crippen MR) is 77.8 cm³/mol. The number of rotatable bonds is 4. The van der Waals surface area contributed by atoms with E-state index < -0.39 is 0 Å². The molecular formula is C15H17NOS. The number of hydrogen-bond donors (Lipinski definition) is 0. The fourth-order valence-corrected chi connectivity index (χ4v) is 2.71. The molecule has 3 heteroatoms. The van der Waals surface area contributed by atoms with E-state index in [0.29, 0.717) is 6.54 Å². The molecule has 0 atom stereocenters. The van der Waals surface area contributed by atoms with Crippen molar-refractivity contribution in [3.8, 4) is 0 Å². The molecule has 94 valence electrons. The van der Waals surface area contributed by atoms with Gasteiger partial charge < -0.3 is 4.90 Å². The molecule has 0 unspecified atom stereocenters. The number of benzene rings is 1. The Kier molecular flexibility index (Phi) is 3.82. The van der Waals surface area contributed by atoms with Crippen LogP contribution in [-0.4, -0.2) is 19.4 Å². The zero-order valence-corrected chi connectivity index (χ0v) is 11.8. The van der Waals surface area contributed by atoms with E-state index in [4.69, 9.17) is 0 Å². The zero-order valence-electron chi connectivity index (χ0n) is 10.9. The van der Waals surface area contributed by atoms with Crippen LogP contribution in [0.4, 0.5) is 5.69 Å². The number of hydrogen-bond acceptors (Lipinski definition) is 3. The van der Waals surface area contributed by atoms with Crippen molar-refractivity contribution in [3.05, 3.63) is 51.7 Å². The molecule has 0 spiro atoms. The van der Waals surface area contributed by atoms with Gasteiger partial charge in [-0.1, -0.05) is 23.8 Å². The second-order valence-corrected chi connectivity index (χ2v) is 5.49. The summed E-state index contributed by atoms with van der Waals surface area (Å²) in [5.74, 6) is 0.174. The van der Waals surface area contributed by atoms with Gasteiger partial charge in [-0.05, 0) is 36.9 Å². The molecule has 2 rings (SSSR count). The lowest BCUT2D eigenvalue weighted by Gasteiger charge is -2.20. The summed E-state index contributed by atoms with van der Waals surface area (Å²) in [5, 5.41) is 1.93. The van der Waals surface area contributed by atoms with Gasteiger partial charge in [0.25, 0.3) is 0 Å². The van der Waals surface area contributed by atoms with E-state index in [1.54, 1.807) is 0 Å². The maximum Gasteiger partial charge on any atom is 0.191 e. The second kappa shape index (κ2) is 5.36. The minimum Gasteiger partial charge on any atom is -0.367 e. The molecule has 0 fully saturated rings. The molecule has 18 heavy (non-hydrogen) atoms. The largest absolute Gasteiger partial charge is 0.367 e. The van der Waals surface area contributed by atoms with Gasteiger partial charge in [0.2, 0.25) is 0 Å². The highest BCUT2D eigenvalue weighted by atomic mass is 32.1. The molecule has 2 aromatic rings. The first kappa shape index (κ1) is 12.8. The van der Waals surface area contributed by atoms with Gasteiger partial charge in [-0.3, -0.25) is 4.79 Å². The second-order valence-electron chi connectivity index (χ2n) is 4.55. The molecule has 0 N–H and O–H groups in total. The highest BCUT2D eigenvalue weighted by Gasteiger charge is 2.12. The maximum atomic E-state index is 12.0. The summed E-state index contributed by atoms with van der Waals surface area (Å²) in [5.41, 5.74) is 3.57. The van der Waals surface area contributed by atoms with Gasteiger partial charge in [-0.25, -0.2) is 0 Å². The van der Waals surface area contributed by atoms with E-state index in [2.05, 4.69) is 32.0 Å². The molecule has 0 radical (unpaired) electrons. The Morgan fingerprint density at radius 3 is 2.67 bits per heavy atom. The zero-order chi connectivity index (χ0) is 13.1. The van der Waals surface area contributed by atoms with Gasteiger partial charge in [0, 0.05) is 12.7 Å². The third-order valence-electron chi connectivity index (χ3n) is 2.94. The van der Waals surface area contributed by atoms with Crippen molar-refractivity contribution in [1.29, 1.82) is 0 Å². The summed E-state index contributed by atoms with van der Waals surface area (Å²) < 4.78 is 0. The summed E-state index contributed by atoms with van der Waals surface area (Å²) in [6.07, 6.45) is 0. The topological polar surface area (TPSA) is 20.3 Å². The maximum absolute atomic E-state index is 12.0. The lowest BCUT2D eigenvalue weighted by atomic mass is 10.1. The third-order valence-corrected chi connectivity index (χ3v) is 3.85. The normalized spacial score (nSPS) is 10.4. The number of carbonyl (C=O) groups excluding carboxylic acids is 1. The number of nitrogens with zero attached hydrogens (tertiary/aromatic N) is 1. The highest BCUT2D eigenvalue weighted by Crippen LogP contribution is 2.20. The molecule has 0 bridgehead atoms. The van der Waals surface area contributed by atoms with E-state index in [0.717, 1.165) is 10.6 Å². The van der Waals surface area contributed by atoms with Crippen molar-refractivity contribution < 1.29 is 4.79 Å². The lowest BCUT2D eigenvalue weighted by molar-refractivity contribution is 0.100. The minimum absolute atomic E-state index is 0.174. The van der Waals surface area contributed by atoms with Crippen LogP contribution in [0.25, 0.3) is 0 Å². The van der Waals surface area contributed by atoms with Crippen molar-refractivity contribution in [1.82, 2.24) is 0 Å². The van der Waals surface area contributed by atoms with Gasteiger partial charge in [0.1, 0.15) is 0 Å². The molecule has 0 aliphatic carbocycles. The Labute approximate surface area is 112 Å². The monoisotopic (exact) mass is 259 g/mol. The molecule has 1 aromatic carbocycles. The molecule has 0 amide bonds. The van der Waals surface area contributed by atoms with Crippen LogP contribution in [0.15, 0.2) is 35.7 Å². The number of carbonyl (C=O) groups is 1. The summed E-state index contributed by atoms with van der Waals surface area (Å²) in [4.78, 5) is 14.9. The van der Waals surface area contributed by atoms with Crippen molar-refractivity contribution in [3.63, 3.8) is 0 Å². The summed E-state index contributed by atoms with van der Waals surface area (Å²) >= 11 is 1.50. The molecular weight excluding hydrogens is 242 g/mol. The summed E-state index contributed by atoms with van der Waals surface area (Å²) in [6, 6.07) is 10.1. The molecule has 0 aliphatic heterocycles. The molecule has 0 saturated heterocycles. The van der Waals surface area contributed by atoms with E-state index in [-0.39, 0.29) is 5.78 Å². The Balaban J connectivity index is 2.12. The first-order valence-electron chi connectivity index (χ1n) is 5.93. The summed E-state index contributed by atoms with van der Waals surface area (Å²) in [6.45, 7) is 4.58. The van der Waals surface area contributed by atoms with Gasteiger partial charge in [0.05, 0.1) is 11.4 Å². The van der Waals surface area contributed by atoms with Crippen LogP contribution in [-0.2, 0) is 0 Å². The third kappa shape index (κ3) is 2.79. The van der Waals surface area contributed by atoms with Crippen molar-refractivity contribution in [2.75, 3.05) is 18.5 Å². The number of ketones is 1. The quantitative estimate of drug-likeness (QED) is 0.781. The van der Waals surface area contributed by atoms with Crippen LogP contribution in [0, 0.1) is 13.8 Å². The SMILES string of the molecule is Cc1ccc(N(C)CC(=O)c2cccs2)c(C)c1. The number of Topliss-reactive ketones (excluding diaryl/α,β-unsaturated/α-hetero) is 1. The van der Waals surface area contributed by atoms with Crippen LogP contribution in [0.2, 0.25) is 0 Å². The van der Waals surface area contributed by atoms with E-state index in [1.807, 2.05) is 29.5 Å². The van der Waals surface area contributed by atoms with Crippen LogP contribution in [0.1, 0.15) is 20.8 Å². The van der Waals surface area contributed by atoms with Crippen LogP contribution in [0.3, 0.4) is 0 Å². The molecule has 2 nitrogen and oxygen atoms in total. The van der Waals surface area contributed by atoms with Crippen molar-refractivity contribution in [2.45, 2.75) is 13.8 Å². The first-order chi connectivity index (χ1) is 8.58. The van der Waals surface area contributed by atoms with Crippen molar-refractivity contribution >= 4 is 22.8 Å². The predicted octanol–water partition coefficient (Wildman–Crippen LogP) is 3.68. The lowest BCUT2D eigenvalue weighted by Crippen LogP contribution is -2.25. The highest BCUT2D eigenvalue weighted by molar-refractivity contribution is 7.12. The fourth-order valence-electron chi connectivity index (χ4n) is 2.05. The first-order valence-corrected chi connectivity index (χ1v) is 6.81. The smallest absolute Gasteiger partial charge is 0.191 e. The van der Waals surface area contributed by atoms with Gasteiger partial charge >= 0.3 is 0 Å². The van der Waals surface area contributed by atoms with Crippen LogP contribution >= 0.6 is 11.3 Å². The van der Waals surface area contributed by atoms with Gasteiger partial charge in [-0.2, -0.15) is 0 Å². The Bertz CT molecular complexity index is 546. The number of anilines is 1. The van der Waals surface area contributed by atoms with Gasteiger partial charge in [-0.15, -0.1) is 11.3 Å². The van der Waals surface area contributed by atoms with E-state index in [9.17, 15) is 4.79 Å². The van der Waals surface area contributed by atoms with Crippen molar-refractivity contribution in [2.24, 2.45) is 0 Å². The molecule has 0 saturated carbocycles. The molecule has 0 aliphatic rings. The Morgan fingerprint density at radius 2 is 2.06 bits per heavy atom. The van der Waals surface area contributed by atoms with E-state index in [1.165, 1.54) is 22.5 Å². The fraction of sp³-hybridized carbons (Fsp3) is 0.267. The average molecular weight is 259 g/mol. The Hall–Kier alpha value is -1.61. The molecule has 1 aromatic heterocycles. The molecule has 1 heterocycles.